The molecule has 1 aliphatic carbocycles. The molecule has 0 aromatic heterocycles. The lowest BCUT2D eigenvalue weighted by atomic mass is 9.86. The molecule has 1 fully saturated rings. The first kappa shape index (κ1) is 18.0. The minimum atomic E-state index is -0.527. The summed E-state index contributed by atoms with van der Waals surface area (Å²) in [4.78, 5) is 23.5. The first-order valence-electron chi connectivity index (χ1n) is 8.31. The largest absolute Gasteiger partial charge is 0.381 e. The molecule has 5 nitrogen and oxygen atoms in total. The number of carbonyl (C=O) groups excluding carboxylic acids is 2. The Bertz CT molecular complexity index is 321. The van der Waals surface area contributed by atoms with Crippen molar-refractivity contribution in [1.29, 1.82) is 0 Å². The zero-order valence-corrected chi connectivity index (χ0v) is 13.5. The monoisotopic (exact) mass is 298 g/mol. The fourth-order valence-corrected chi connectivity index (χ4v) is 2.57. The predicted molar refractivity (Wildman–Crippen MR) is 82.9 cm³/mol. The van der Waals surface area contributed by atoms with Gasteiger partial charge in [0.05, 0.1) is 0 Å². The quantitative estimate of drug-likeness (QED) is 0.532. The van der Waals surface area contributed by atoms with E-state index in [-0.39, 0.29) is 6.04 Å². The summed E-state index contributed by atoms with van der Waals surface area (Å²) >= 11 is 0. The van der Waals surface area contributed by atoms with Crippen LogP contribution in [0.4, 0.5) is 0 Å². The molecule has 0 heterocycles. The summed E-state index contributed by atoms with van der Waals surface area (Å²) in [6.45, 7) is 6.13. The fourth-order valence-electron chi connectivity index (χ4n) is 2.57. The van der Waals surface area contributed by atoms with Crippen molar-refractivity contribution in [3.05, 3.63) is 0 Å². The third-order valence-corrected chi connectivity index (χ3v) is 4.03. The molecule has 21 heavy (non-hydrogen) atoms. The summed E-state index contributed by atoms with van der Waals surface area (Å²) in [5.41, 5.74) is 0. The van der Waals surface area contributed by atoms with Gasteiger partial charge in [-0.05, 0) is 31.6 Å². The molecule has 1 aliphatic rings. The zero-order valence-electron chi connectivity index (χ0n) is 13.5. The molecule has 2 atom stereocenters. The van der Waals surface area contributed by atoms with E-state index in [2.05, 4.69) is 24.5 Å². The smallest absolute Gasteiger partial charge is 0.309 e. The van der Waals surface area contributed by atoms with Crippen LogP contribution in [0.3, 0.4) is 0 Å². The fraction of sp³-hybridized carbons (Fsp3) is 0.875. The maximum absolute atomic E-state index is 11.8. The van der Waals surface area contributed by atoms with Gasteiger partial charge in [-0.25, -0.2) is 0 Å². The number of amides is 2. The van der Waals surface area contributed by atoms with Crippen LogP contribution < -0.4 is 10.6 Å². The summed E-state index contributed by atoms with van der Waals surface area (Å²) in [6, 6.07) is 0.148. The average Bonchev–Trinajstić information content (AvgIpc) is 2.48. The van der Waals surface area contributed by atoms with Crippen molar-refractivity contribution in [3.63, 3.8) is 0 Å². The van der Waals surface area contributed by atoms with Crippen LogP contribution in [0.25, 0.3) is 0 Å². The van der Waals surface area contributed by atoms with Crippen molar-refractivity contribution in [1.82, 2.24) is 10.6 Å². The van der Waals surface area contributed by atoms with E-state index in [1.165, 1.54) is 6.42 Å². The maximum atomic E-state index is 11.8. The molecule has 2 unspecified atom stereocenters. The Balaban J connectivity index is 2.09. The van der Waals surface area contributed by atoms with Crippen LogP contribution in [0.5, 0.6) is 0 Å². The average molecular weight is 298 g/mol. The molecule has 5 heteroatoms. The summed E-state index contributed by atoms with van der Waals surface area (Å²) in [5, 5.41) is 5.50. The Kier molecular flexibility index (Phi) is 9.06. The van der Waals surface area contributed by atoms with Gasteiger partial charge in [0.1, 0.15) is 0 Å². The number of unbranched alkanes of at least 4 members (excludes halogenated alkanes) is 1. The number of nitrogens with one attached hydrogen (secondary N) is 2. The molecular weight excluding hydrogens is 268 g/mol. The second kappa shape index (κ2) is 10.6. The van der Waals surface area contributed by atoms with Gasteiger partial charge in [0, 0.05) is 25.8 Å². The van der Waals surface area contributed by atoms with E-state index in [0.29, 0.717) is 19.1 Å². The van der Waals surface area contributed by atoms with Gasteiger partial charge in [0.15, 0.2) is 0 Å². The van der Waals surface area contributed by atoms with Crippen LogP contribution in [0.2, 0.25) is 0 Å². The Morgan fingerprint density at radius 2 is 1.81 bits per heavy atom. The maximum Gasteiger partial charge on any atom is 0.309 e. The molecule has 2 amide bonds. The number of rotatable bonds is 8. The molecule has 0 aliphatic heterocycles. The van der Waals surface area contributed by atoms with Gasteiger partial charge in [0.25, 0.3) is 0 Å². The molecular formula is C16H30N2O3. The molecule has 0 saturated heterocycles. The second-order valence-corrected chi connectivity index (χ2v) is 5.92. The SMILES string of the molecule is CCCCOCCCNC(=O)C(=O)NC1CCCCC1C. The summed E-state index contributed by atoms with van der Waals surface area (Å²) in [6.07, 6.45) is 7.38. The Hall–Kier alpha value is -1.10. The van der Waals surface area contributed by atoms with Gasteiger partial charge >= 0.3 is 11.8 Å². The lowest BCUT2D eigenvalue weighted by Gasteiger charge is -2.29. The molecule has 1 saturated carbocycles. The van der Waals surface area contributed by atoms with Gasteiger partial charge in [-0.15, -0.1) is 0 Å². The van der Waals surface area contributed by atoms with E-state index in [1.807, 2.05) is 0 Å². The number of hydrogen-bond acceptors (Lipinski definition) is 3. The van der Waals surface area contributed by atoms with Gasteiger partial charge in [-0.1, -0.05) is 33.1 Å². The Morgan fingerprint density at radius 1 is 1.10 bits per heavy atom. The van der Waals surface area contributed by atoms with Crippen molar-refractivity contribution in [3.8, 4) is 0 Å². The van der Waals surface area contributed by atoms with E-state index in [0.717, 1.165) is 45.1 Å². The third-order valence-electron chi connectivity index (χ3n) is 4.03. The highest BCUT2D eigenvalue weighted by molar-refractivity contribution is 6.35. The van der Waals surface area contributed by atoms with Crippen LogP contribution in [0.1, 0.15) is 58.8 Å². The lowest BCUT2D eigenvalue weighted by molar-refractivity contribution is -0.140. The van der Waals surface area contributed by atoms with Crippen LogP contribution in [-0.4, -0.2) is 37.6 Å². The summed E-state index contributed by atoms with van der Waals surface area (Å²) in [5.74, 6) is -0.565. The van der Waals surface area contributed by atoms with Crippen LogP contribution >= 0.6 is 0 Å². The molecule has 2 N–H and O–H groups in total. The highest BCUT2D eigenvalue weighted by atomic mass is 16.5. The van der Waals surface area contributed by atoms with Crippen LogP contribution in [0, 0.1) is 5.92 Å². The van der Waals surface area contributed by atoms with E-state index < -0.39 is 11.8 Å². The minimum Gasteiger partial charge on any atom is -0.381 e. The normalized spacial score (nSPS) is 21.8. The van der Waals surface area contributed by atoms with E-state index in [4.69, 9.17) is 4.74 Å². The molecule has 0 radical (unpaired) electrons. The van der Waals surface area contributed by atoms with Gasteiger partial charge in [0.2, 0.25) is 0 Å². The number of hydrogen-bond donors (Lipinski definition) is 2. The minimum absolute atomic E-state index is 0.148. The first-order chi connectivity index (χ1) is 10.1. The van der Waals surface area contributed by atoms with Crippen LogP contribution in [-0.2, 0) is 14.3 Å². The number of carbonyl (C=O) groups is 2. The Labute approximate surface area is 128 Å². The second-order valence-electron chi connectivity index (χ2n) is 5.92. The molecule has 0 spiro atoms. The highest BCUT2D eigenvalue weighted by Crippen LogP contribution is 2.23. The van der Waals surface area contributed by atoms with Crippen LogP contribution in [0.15, 0.2) is 0 Å². The van der Waals surface area contributed by atoms with Crippen molar-refractivity contribution in [2.45, 2.75) is 64.8 Å². The van der Waals surface area contributed by atoms with Crippen molar-refractivity contribution < 1.29 is 14.3 Å². The van der Waals surface area contributed by atoms with E-state index >= 15 is 0 Å². The molecule has 122 valence electrons. The predicted octanol–water partition coefficient (Wildman–Crippen LogP) is 2.00. The highest BCUT2D eigenvalue weighted by Gasteiger charge is 2.25. The molecule has 0 aromatic carbocycles. The van der Waals surface area contributed by atoms with Crippen molar-refractivity contribution >= 4 is 11.8 Å². The zero-order chi connectivity index (χ0) is 15.5. The van der Waals surface area contributed by atoms with Crippen molar-refractivity contribution in [2.24, 2.45) is 5.92 Å². The molecule has 0 bridgehead atoms. The van der Waals surface area contributed by atoms with Gasteiger partial charge < -0.3 is 15.4 Å². The lowest BCUT2D eigenvalue weighted by Crippen LogP contribution is -2.47. The number of ether oxygens (including phenoxy) is 1. The molecule has 0 aromatic rings. The standard InChI is InChI=1S/C16H30N2O3/c1-3-4-11-21-12-7-10-17-15(19)16(20)18-14-9-6-5-8-13(14)2/h13-14H,3-12H2,1-2H3,(H,17,19)(H,18,20). The third kappa shape index (κ3) is 7.46. The Morgan fingerprint density at radius 3 is 2.52 bits per heavy atom. The van der Waals surface area contributed by atoms with Gasteiger partial charge in [-0.3, -0.25) is 9.59 Å². The summed E-state index contributed by atoms with van der Waals surface area (Å²) < 4.78 is 5.40. The summed E-state index contributed by atoms with van der Waals surface area (Å²) in [7, 11) is 0. The van der Waals surface area contributed by atoms with E-state index in [9.17, 15) is 9.59 Å². The van der Waals surface area contributed by atoms with E-state index in [1.54, 1.807) is 0 Å². The molecule has 1 rings (SSSR count). The van der Waals surface area contributed by atoms with Crippen molar-refractivity contribution in [2.75, 3.05) is 19.8 Å². The van der Waals surface area contributed by atoms with Gasteiger partial charge in [-0.2, -0.15) is 0 Å². The topological polar surface area (TPSA) is 67.4 Å². The first-order valence-corrected chi connectivity index (χ1v) is 8.31.